The fourth-order valence-electron chi connectivity index (χ4n) is 2.77. The van der Waals surface area contributed by atoms with Crippen LogP contribution in [-0.4, -0.2) is 41.3 Å². The van der Waals surface area contributed by atoms with Crippen LogP contribution in [0.4, 0.5) is 4.79 Å². The van der Waals surface area contributed by atoms with Crippen LogP contribution in [0.15, 0.2) is 0 Å². The minimum atomic E-state index is -0.402. The monoisotopic (exact) mass is 241 g/mol. The Bertz CT molecular complexity index is 324. The van der Waals surface area contributed by atoms with Crippen LogP contribution < -0.4 is 5.32 Å². The number of carbonyl (C=O) groups is 1. The van der Waals surface area contributed by atoms with Gasteiger partial charge in [0.2, 0.25) is 0 Å². The SMILES string of the molecule is CC1CN(C(=O)OC(C)(C)C)C2(C[NH2+]1)CC2C. The lowest BCUT2D eigenvalue weighted by Crippen LogP contribution is -2.97. The Morgan fingerprint density at radius 1 is 1.41 bits per heavy atom. The Labute approximate surface area is 104 Å². The van der Waals surface area contributed by atoms with Crippen LogP contribution in [0.1, 0.15) is 41.0 Å². The van der Waals surface area contributed by atoms with E-state index in [0.29, 0.717) is 12.0 Å². The summed E-state index contributed by atoms with van der Waals surface area (Å²) < 4.78 is 5.52. The molecule has 2 aliphatic rings. The molecule has 4 nitrogen and oxygen atoms in total. The number of piperazine rings is 1. The molecule has 2 rings (SSSR count). The topological polar surface area (TPSA) is 46.2 Å². The van der Waals surface area contributed by atoms with Crippen LogP contribution in [0.2, 0.25) is 0 Å². The van der Waals surface area contributed by atoms with E-state index in [-0.39, 0.29) is 11.6 Å². The molecule has 4 heteroatoms. The van der Waals surface area contributed by atoms with Crippen LogP contribution in [0.3, 0.4) is 0 Å². The molecule has 1 spiro atoms. The molecule has 2 fully saturated rings. The van der Waals surface area contributed by atoms with Crippen molar-refractivity contribution in [1.29, 1.82) is 0 Å². The fourth-order valence-corrected chi connectivity index (χ4v) is 2.77. The normalized spacial score (nSPS) is 37.1. The Morgan fingerprint density at radius 2 is 2.00 bits per heavy atom. The molecule has 2 N–H and O–H groups in total. The van der Waals surface area contributed by atoms with Crippen LogP contribution in [-0.2, 0) is 4.74 Å². The molecule has 98 valence electrons. The van der Waals surface area contributed by atoms with Gasteiger partial charge in [-0.25, -0.2) is 4.79 Å². The summed E-state index contributed by atoms with van der Waals surface area (Å²) in [6.07, 6.45) is 0.983. The Morgan fingerprint density at radius 3 is 2.47 bits per heavy atom. The summed E-state index contributed by atoms with van der Waals surface area (Å²) in [5.74, 6) is 0.610. The van der Waals surface area contributed by atoms with E-state index in [4.69, 9.17) is 4.74 Å². The number of ether oxygens (including phenoxy) is 1. The van der Waals surface area contributed by atoms with Crippen LogP contribution in [0.5, 0.6) is 0 Å². The molecule has 3 unspecified atom stereocenters. The first kappa shape index (κ1) is 12.7. The third-order valence-electron chi connectivity index (χ3n) is 3.91. The van der Waals surface area contributed by atoms with Gasteiger partial charge in [-0.15, -0.1) is 0 Å². The average molecular weight is 241 g/mol. The molecule has 0 aromatic rings. The zero-order chi connectivity index (χ0) is 12.8. The molecule has 1 amide bonds. The second kappa shape index (κ2) is 3.87. The summed E-state index contributed by atoms with van der Waals surface area (Å²) in [5.41, 5.74) is -0.324. The van der Waals surface area contributed by atoms with Gasteiger partial charge >= 0.3 is 6.09 Å². The summed E-state index contributed by atoms with van der Waals surface area (Å²) in [6, 6.07) is 0.473. The van der Waals surface area contributed by atoms with Crippen molar-refractivity contribution < 1.29 is 14.8 Å². The van der Waals surface area contributed by atoms with Gasteiger partial charge in [-0.2, -0.15) is 0 Å². The smallest absolute Gasteiger partial charge is 0.411 e. The number of quaternary nitrogens is 1. The first-order valence-corrected chi connectivity index (χ1v) is 6.58. The van der Waals surface area contributed by atoms with Crippen molar-refractivity contribution in [3.8, 4) is 0 Å². The number of carbonyl (C=O) groups excluding carboxylic acids is 1. The number of hydrogen-bond acceptors (Lipinski definition) is 2. The van der Waals surface area contributed by atoms with Gasteiger partial charge in [0.05, 0.1) is 18.6 Å². The van der Waals surface area contributed by atoms with Gasteiger partial charge in [-0.05, 0) is 40.0 Å². The molecule has 17 heavy (non-hydrogen) atoms. The largest absolute Gasteiger partial charge is 0.444 e. The van der Waals surface area contributed by atoms with Crippen LogP contribution in [0.25, 0.3) is 0 Å². The highest BCUT2D eigenvalue weighted by Crippen LogP contribution is 2.48. The quantitative estimate of drug-likeness (QED) is 0.687. The summed E-state index contributed by atoms with van der Waals surface area (Å²) >= 11 is 0. The Balaban J connectivity index is 2.09. The molecule has 1 aliphatic heterocycles. The molecule has 0 radical (unpaired) electrons. The van der Waals surface area contributed by atoms with Gasteiger partial charge in [-0.3, -0.25) is 4.90 Å². The highest BCUT2D eigenvalue weighted by molar-refractivity contribution is 5.70. The molecule has 1 saturated heterocycles. The molecule has 3 atom stereocenters. The molecule has 1 saturated carbocycles. The van der Waals surface area contributed by atoms with E-state index >= 15 is 0 Å². The first-order valence-electron chi connectivity index (χ1n) is 6.58. The predicted octanol–water partition coefficient (Wildman–Crippen LogP) is 0.968. The molecule has 1 heterocycles. The Hall–Kier alpha value is -0.770. The van der Waals surface area contributed by atoms with Crippen molar-refractivity contribution in [3.05, 3.63) is 0 Å². The highest BCUT2D eigenvalue weighted by Gasteiger charge is 2.61. The highest BCUT2D eigenvalue weighted by atomic mass is 16.6. The Kier molecular flexibility index (Phi) is 2.89. The van der Waals surface area contributed by atoms with Gasteiger partial charge in [0.25, 0.3) is 0 Å². The van der Waals surface area contributed by atoms with E-state index in [1.165, 1.54) is 0 Å². The van der Waals surface area contributed by atoms with Gasteiger partial charge < -0.3 is 10.1 Å². The second-order valence-corrected chi connectivity index (χ2v) is 6.72. The number of amides is 1. The third-order valence-corrected chi connectivity index (χ3v) is 3.91. The van der Waals surface area contributed by atoms with Gasteiger partial charge in [-0.1, -0.05) is 6.92 Å². The lowest BCUT2D eigenvalue weighted by molar-refractivity contribution is -0.701. The van der Waals surface area contributed by atoms with E-state index < -0.39 is 5.60 Å². The maximum Gasteiger partial charge on any atom is 0.411 e. The van der Waals surface area contributed by atoms with Gasteiger partial charge in [0.15, 0.2) is 0 Å². The van der Waals surface area contributed by atoms with Gasteiger partial charge in [0, 0.05) is 0 Å². The van der Waals surface area contributed by atoms with E-state index in [1.807, 2.05) is 25.7 Å². The van der Waals surface area contributed by atoms with Crippen molar-refractivity contribution in [2.75, 3.05) is 13.1 Å². The van der Waals surface area contributed by atoms with Crippen LogP contribution in [0, 0.1) is 5.92 Å². The maximum absolute atomic E-state index is 12.3. The van der Waals surface area contributed by atoms with E-state index in [2.05, 4.69) is 19.2 Å². The second-order valence-electron chi connectivity index (χ2n) is 6.72. The standard InChI is InChI=1S/C13H24N2O2/c1-9-6-13(9)8-14-10(2)7-15(13)11(16)17-12(3,4)5/h9-10,14H,6-8H2,1-5H3/p+1. The van der Waals surface area contributed by atoms with E-state index in [1.54, 1.807) is 0 Å². The molecular weight excluding hydrogens is 216 g/mol. The molecular formula is C13H25N2O2+. The zero-order valence-corrected chi connectivity index (χ0v) is 11.6. The maximum atomic E-state index is 12.3. The lowest BCUT2D eigenvalue weighted by atomic mass is 10.1. The minimum Gasteiger partial charge on any atom is -0.444 e. The summed E-state index contributed by atoms with van der Waals surface area (Å²) in [6.45, 7) is 12.0. The first-order chi connectivity index (χ1) is 7.74. The van der Waals surface area contributed by atoms with Crippen molar-refractivity contribution >= 4 is 6.09 Å². The number of hydrogen-bond donors (Lipinski definition) is 1. The average Bonchev–Trinajstić information content (AvgIpc) is 2.79. The van der Waals surface area contributed by atoms with Crippen molar-refractivity contribution in [2.24, 2.45) is 5.92 Å². The summed E-state index contributed by atoms with van der Waals surface area (Å²) in [5, 5.41) is 2.35. The van der Waals surface area contributed by atoms with E-state index in [0.717, 1.165) is 19.5 Å². The van der Waals surface area contributed by atoms with Crippen molar-refractivity contribution in [1.82, 2.24) is 4.90 Å². The summed E-state index contributed by atoms with van der Waals surface area (Å²) in [4.78, 5) is 14.2. The number of nitrogens with zero attached hydrogens (tertiary/aromatic N) is 1. The minimum absolute atomic E-state index is 0.0782. The van der Waals surface area contributed by atoms with Crippen molar-refractivity contribution in [2.45, 2.75) is 58.2 Å². The zero-order valence-electron chi connectivity index (χ0n) is 11.6. The molecule has 1 aliphatic carbocycles. The van der Waals surface area contributed by atoms with Crippen LogP contribution >= 0.6 is 0 Å². The third kappa shape index (κ3) is 2.41. The number of rotatable bonds is 0. The van der Waals surface area contributed by atoms with Gasteiger partial charge in [0.1, 0.15) is 11.6 Å². The molecule has 0 bridgehead atoms. The van der Waals surface area contributed by atoms with E-state index in [9.17, 15) is 4.79 Å². The summed E-state index contributed by atoms with van der Waals surface area (Å²) in [7, 11) is 0. The predicted molar refractivity (Wildman–Crippen MR) is 65.7 cm³/mol. The molecule has 0 aromatic heterocycles. The molecule has 0 aromatic carbocycles. The van der Waals surface area contributed by atoms with Crippen molar-refractivity contribution in [3.63, 3.8) is 0 Å². The lowest BCUT2D eigenvalue weighted by Gasteiger charge is -2.38. The number of nitrogens with two attached hydrogens (primary N) is 1. The fraction of sp³-hybridized carbons (Fsp3) is 0.923.